The second-order valence-electron chi connectivity index (χ2n) is 9.94. The van der Waals surface area contributed by atoms with Crippen LogP contribution in [0.3, 0.4) is 0 Å². The average molecular weight is 529 g/mol. The molecule has 1 aromatic carbocycles. The fraction of sp³-hybridized carbons (Fsp3) is 0.565. The second-order valence-corrected chi connectivity index (χ2v) is 11.1. The number of rotatable bonds is 8. The molecule has 196 valence electrons. The minimum absolute atomic E-state index is 0.0303. The number of nitrogens with one attached hydrogen (secondary N) is 3. The number of fused-ring (bicyclic) bond motifs is 1. The van der Waals surface area contributed by atoms with Gasteiger partial charge in [0.15, 0.2) is 11.6 Å². The lowest BCUT2D eigenvalue weighted by Gasteiger charge is -2.31. The predicted molar refractivity (Wildman–Crippen MR) is 124 cm³/mol. The van der Waals surface area contributed by atoms with Gasteiger partial charge in [-0.1, -0.05) is 13.8 Å². The number of hydrogen-bond donors (Lipinski definition) is 4. The zero-order valence-corrected chi connectivity index (χ0v) is 20.5. The summed E-state index contributed by atoms with van der Waals surface area (Å²) in [5, 5.41) is 14.9. The molecule has 3 fully saturated rings. The van der Waals surface area contributed by atoms with Crippen molar-refractivity contribution in [2.75, 3.05) is 25.0 Å². The summed E-state index contributed by atoms with van der Waals surface area (Å²) >= 11 is 0.487. The molecular formula is C23H27F3N4O5S. The number of piperidine rings is 1. The van der Waals surface area contributed by atoms with Crippen LogP contribution in [0, 0.1) is 40.6 Å². The van der Waals surface area contributed by atoms with Crippen LogP contribution in [0.15, 0.2) is 12.1 Å². The highest BCUT2D eigenvalue weighted by atomic mass is 32.2. The van der Waals surface area contributed by atoms with E-state index in [9.17, 15) is 37.5 Å². The summed E-state index contributed by atoms with van der Waals surface area (Å²) in [5.41, 5.74) is -0.870. The van der Waals surface area contributed by atoms with E-state index in [-0.39, 0.29) is 36.1 Å². The lowest BCUT2D eigenvalue weighted by atomic mass is 10.00. The Morgan fingerprint density at radius 1 is 1.25 bits per heavy atom. The number of carbonyl (C=O) groups excluding carboxylic acids is 3. The molecule has 0 radical (unpaired) electrons. The highest BCUT2D eigenvalue weighted by molar-refractivity contribution is 8.13. The van der Waals surface area contributed by atoms with Gasteiger partial charge in [0.05, 0.1) is 11.9 Å². The Kier molecular flexibility index (Phi) is 7.13. The molecule has 3 amide bonds. The molecule has 5 atom stereocenters. The highest BCUT2D eigenvalue weighted by Gasteiger charge is 2.69. The van der Waals surface area contributed by atoms with E-state index in [4.69, 9.17) is 0 Å². The van der Waals surface area contributed by atoms with Gasteiger partial charge >= 0.3 is 5.30 Å². The summed E-state index contributed by atoms with van der Waals surface area (Å²) in [7, 11) is 0. The molecule has 2 heterocycles. The standard InChI is InChI=1S/C23H27F3N4O5S/c1-23(2)12-9-30(16(31)8-28-18-13(25)6-11(24)7-14(18)26)19(17(12)23)21(33)29-15(36-22(34)35)5-10-3-4-27-20(10)32/h6-7,10,12,15,17,19,28H,3-5,8-9H2,1-2H3,(H,27,32)(H,29,33)(H,34,35)/t10-,12-,15?,17-,19-/m0/s1. The molecule has 3 aliphatic rings. The van der Waals surface area contributed by atoms with Crippen LogP contribution in [0.4, 0.5) is 23.7 Å². The Labute approximate surface area is 209 Å². The minimum atomic E-state index is -1.21. The average Bonchev–Trinajstić information content (AvgIpc) is 3.12. The molecule has 0 aromatic heterocycles. The maximum Gasteiger partial charge on any atom is 0.366 e. The molecule has 4 rings (SSSR count). The number of halogens is 3. The van der Waals surface area contributed by atoms with Gasteiger partial charge in [-0.3, -0.25) is 14.4 Å². The molecule has 0 spiro atoms. The molecule has 0 bridgehead atoms. The van der Waals surface area contributed by atoms with Crippen molar-refractivity contribution in [1.29, 1.82) is 0 Å². The Morgan fingerprint density at radius 3 is 2.50 bits per heavy atom. The first kappa shape index (κ1) is 26.1. The van der Waals surface area contributed by atoms with Crippen molar-refractivity contribution in [2.24, 2.45) is 23.2 Å². The van der Waals surface area contributed by atoms with Crippen LogP contribution in [0.1, 0.15) is 26.7 Å². The third-order valence-corrected chi connectivity index (χ3v) is 8.22. The first-order valence-corrected chi connectivity index (χ1v) is 12.4. The van der Waals surface area contributed by atoms with Crippen LogP contribution in [-0.4, -0.2) is 64.1 Å². The van der Waals surface area contributed by atoms with Crippen LogP contribution in [0.2, 0.25) is 0 Å². The van der Waals surface area contributed by atoms with Crippen molar-refractivity contribution in [3.63, 3.8) is 0 Å². The van der Waals surface area contributed by atoms with Crippen molar-refractivity contribution < 1.29 is 37.5 Å². The molecule has 1 aromatic rings. The number of amides is 3. The van der Waals surface area contributed by atoms with Crippen LogP contribution in [-0.2, 0) is 14.4 Å². The third kappa shape index (κ3) is 5.11. The Hall–Kier alpha value is -2.96. The number of benzene rings is 1. The zero-order chi connectivity index (χ0) is 26.4. The number of likely N-dealkylation sites (tertiary alicyclic amines) is 1. The normalized spacial score (nSPS) is 26.7. The monoisotopic (exact) mass is 528 g/mol. The van der Waals surface area contributed by atoms with E-state index in [2.05, 4.69) is 16.0 Å². The number of hydrogen-bond acceptors (Lipinski definition) is 6. The topological polar surface area (TPSA) is 128 Å². The van der Waals surface area contributed by atoms with Gasteiger partial charge in [-0.25, -0.2) is 18.0 Å². The van der Waals surface area contributed by atoms with Crippen molar-refractivity contribution in [3.8, 4) is 0 Å². The van der Waals surface area contributed by atoms with Gasteiger partial charge < -0.3 is 26.0 Å². The molecule has 36 heavy (non-hydrogen) atoms. The molecule has 2 saturated heterocycles. The van der Waals surface area contributed by atoms with Crippen LogP contribution < -0.4 is 16.0 Å². The molecule has 4 N–H and O–H groups in total. The van der Waals surface area contributed by atoms with Gasteiger partial charge in [-0.2, -0.15) is 0 Å². The number of carbonyl (C=O) groups is 4. The predicted octanol–water partition coefficient (Wildman–Crippen LogP) is 2.38. The fourth-order valence-electron chi connectivity index (χ4n) is 5.45. The van der Waals surface area contributed by atoms with Gasteiger partial charge in [0.1, 0.15) is 17.5 Å². The second kappa shape index (κ2) is 9.83. The summed E-state index contributed by atoms with van der Waals surface area (Å²) in [6.07, 6.45) is 0.650. The highest BCUT2D eigenvalue weighted by Crippen LogP contribution is 2.64. The lowest BCUT2D eigenvalue weighted by Crippen LogP contribution is -2.53. The summed E-state index contributed by atoms with van der Waals surface area (Å²) in [6.45, 7) is 4.15. The number of thioether (sulfide) groups is 1. The van der Waals surface area contributed by atoms with Crippen LogP contribution in [0.5, 0.6) is 0 Å². The molecular weight excluding hydrogens is 501 g/mol. The van der Waals surface area contributed by atoms with E-state index in [0.717, 1.165) is 0 Å². The van der Waals surface area contributed by atoms with Gasteiger partial charge in [-0.05, 0) is 41.9 Å². The van der Waals surface area contributed by atoms with E-state index in [1.165, 1.54) is 4.90 Å². The number of nitrogens with zero attached hydrogens (tertiary/aromatic N) is 1. The fourth-order valence-corrected chi connectivity index (χ4v) is 6.20. The van der Waals surface area contributed by atoms with E-state index < -0.39 is 64.1 Å². The number of carboxylic acid groups (broad SMARTS) is 1. The maximum atomic E-state index is 13.9. The summed E-state index contributed by atoms with van der Waals surface area (Å²) in [6, 6.07) is 0.0753. The summed E-state index contributed by atoms with van der Waals surface area (Å²) in [5.74, 6) is -5.38. The van der Waals surface area contributed by atoms with E-state index in [1.54, 1.807) is 0 Å². The smallest absolute Gasteiger partial charge is 0.366 e. The lowest BCUT2D eigenvalue weighted by molar-refractivity contribution is -0.139. The zero-order valence-electron chi connectivity index (χ0n) is 19.6. The van der Waals surface area contributed by atoms with Gasteiger partial charge in [0.25, 0.3) is 0 Å². The molecule has 1 saturated carbocycles. The Morgan fingerprint density at radius 2 is 1.92 bits per heavy atom. The van der Waals surface area contributed by atoms with Crippen molar-refractivity contribution in [1.82, 2.24) is 15.5 Å². The molecule has 13 heteroatoms. The van der Waals surface area contributed by atoms with Gasteiger partial charge in [0.2, 0.25) is 17.7 Å². The van der Waals surface area contributed by atoms with Crippen molar-refractivity contribution in [3.05, 3.63) is 29.6 Å². The van der Waals surface area contributed by atoms with Gasteiger partial charge in [0, 0.05) is 31.1 Å². The van der Waals surface area contributed by atoms with E-state index in [0.29, 0.717) is 36.9 Å². The van der Waals surface area contributed by atoms with Crippen molar-refractivity contribution in [2.45, 2.75) is 38.1 Å². The minimum Gasteiger partial charge on any atom is -0.473 e. The number of anilines is 1. The van der Waals surface area contributed by atoms with E-state index >= 15 is 0 Å². The summed E-state index contributed by atoms with van der Waals surface area (Å²) < 4.78 is 41.1. The van der Waals surface area contributed by atoms with E-state index in [1.807, 2.05) is 13.8 Å². The molecule has 9 nitrogen and oxygen atoms in total. The SMILES string of the molecule is CC1(C)[C@@H]2[C@@H](C(=O)NC(C[C@@H]3CCNC3=O)SC(=O)O)N(C(=O)CNc3c(F)cc(F)cc3F)C[C@@H]21. The Bertz CT molecular complexity index is 1080. The van der Waals surface area contributed by atoms with Crippen molar-refractivity contribution >= 4 is 40.5 Å². The van der Waals surface area contributed by atoms with Crippen LogP contribution >= 0.6 is 11.8 Å². The molecule has 2 aliphatic heterocycles. The first-order chi connectivity index (χ1) is 16.9. The molecule has 1 unspecified atom stereocenters. The molecule has 1 aliphatic carbocycles. The largest absolute Gasteiger partial charge is 0.473 e. The Balaban J connectivity index is 1.46. The maximum absolute atomic E-state index is 13.9. The summed E-state index contributed by atoms with van der Waals surface area (Å²) in [4.78, 5) is 51.0. The van der Waals surface area contributed by atoms with Gasteiger partial charge in [-0.15, -0.1) is 0 Å². The first-order valence-electron chi connectivity index (χ1n) is 11.6. The quantitative estimate of drug-likeness (QED) is 0.382. The van der Waals surface area contributed by atoms with Crippen LogP contribution in [0.25, 0.3) is 0 Å². The third-order valence-electron chi connectivity index (χ3n) is 7.43.